The first-order valence-corrected chi connectivity index (χ1v) is 7.23. The Morgan fingerprint density at radius 2 is 1.83 bits per heavy atom. The fourth-order valence-electron chi connectivity index (χ4n) is 2.70. The van der Waals surface area contributed by atoms with Crippen molar-refractivity contribution < 1.29 is 22.6 Å². The van der Waals surface area contributed by atoms with E-state index in [0.29, 0.717) is 30.3 Å². The molecular formula is C16H12F3N3O2. The highest BCUT2D eigenvalue weighted by molar-refractivity contribution is 5.83. The first-order valence-electron chi connectivity index (χ1n) is 7.23. The molecule has 3 aromatic rings. The van der Waals surface area contributed by atoms with Crippen LogP contribution in [0.2, 0.25) is 0 Å². The van der Waals surface area contributed by atoms with Gasteiger partial charge in [-0.15, -0.1) is 0 Å². The average molecular weight is 335 g/mol. The number of ether oxygens (including phenoxy) is 2. The van der Waals surface area contributed by atoms with Crippen LogP contribution in [0.1, 0.15) is 5.56 Å². The maximum Gasteiger partial charge on any atom is 0.417 e. The number of hydrogen-bond donors (Lipinski definition) is 0. The molecule has 2 aromatic heterocycles. The number of benzene rings is 1. The van der Waals surface area contributed by atoms with E-state index in [1.807, 2.05) is 0 Å². The minimum atomic E-state index is -4.49. The maximum atomic E-state index is 13.4. The molecule has 24 heavy (non-hydrogen) atoms. The molecule has 1 aromatic carbocycles. The molecule has 124 valence electrons. The minimum absolute atomic E-state index is 0.0220. The van der Waals surface area contributed by atoms with Crippen LogP contribution in [-0.2, 0) is 13.2 Å². The van der Waals surface area contributed by atoms with Crippen molar-refractivity contribution in [2.24, 2.45) is 7.05 Å². The Bertz CT molecular complexity index is 934. The molecule has 0 radical (unpaired) electrons. The summed E-state index contributed by atoms with van der Waals surface area (Å²) < 4.78 is 52.4. The quantitative estimate of drug-likeness (QED) is 0.684. The van der Waals surface area contributed by atoms with Gasteiger partial charge in [-0.1, -0.05) is 0 Å². The minimum Gasteiger partial charge on any atom is -0.486 e. The molecule has 4 rings (SSSR count). The number of aromatic nitrogens is 3. The molecule has 0 bridgehead atoms. The fraction of sp³-hybridized carbons (Fsp3) is 0.250. The molecule has 1 aliphatic rings. The van der Waals surface area contributed by atoms with E-state index in [2.05, 4.69) is 10.1 Å². The van der Waals surface area contributed by atoms with Gasteiger partial charge in [0.2, 0.25) is 0 Å². The summed E-state index contributed by atoms with van der Waals surface area (Å²) in [5.41, 5.74) is 0.142. The van der Waals surface area contributed by atoms with E-state index < -0.39 is 11.7 Å². The number of alkyl halides is 3. The van der Waals surface area contributed by atoms with Gasteiger partial charge in [0.25, 0.3) is 0 Å². The lowest BCUT2D eigenvalue weighted by Crippen LogP contribution is -2.15. The summed E-state index contributed by atoms with van der Waals surface area (Å²) in [6, 6.07) is 6.01. The van der Waals surface area contributed by atoms with Crippen LogP contribution in [0.4, 0.5) is 13.2 Å². The Kier molecular flexibility index (Phi) is 3.16. The molecule has 1 aliphatic heterocycles. The Morgan fingerprint density at radius 3 is 2.58 bits per heavy atom. The molecule has 0 N–H and O–H groups in total. The van der Waals surface area contributed by atoms with Crippen molar-refractivity contribution in [1.82, 2.24) is 14.8 Å². The van der Waals surface area contributed by atoms with Crippen LogP contribution in [0, 0.1) is 0 Å². The van der Waals surface area contributed by atoms with E-state index in [4.69, 9.17) is 9.47 Å². The summed E-state index contributed by atoms with van der Waals surface area (Å²) in [6.07, 6.45) is -3.31. The average Bonchev–Trinajstić information content (AvgIpc) is 2.94. The maximum absolute atomic E-state index is 13.4. The third-order valence-corrected chi connectivity index (χ3v) is 3.85. The van der Waals surface area contributed by atoms with E-state index in [1.54, 1.807) is 25.2 Å². The van der Waals surface area contributed by atoms with Crippen LogP contribution in [0.25, 0.3) is 22.3 Å². The first kappa shape index (κ1) is 14.8. The highest BCUT2D eigenvalue weighted by atomic mass is 19.4. The van der Waals surface area contributed by atoms with Gasteiger partial charge in [0.1, 0.15) is 13.2 Å². The molecule has 3 heterocycles. The summed E-state index contributed by atoms with van der Waals surface area (Å²) in [6.45, 7) is 0.849. The van der Waals surface area contributed by atoms with Crippen molar-refractivity contribution in [2.75, 3.05) is 13.2 Å². The molecule has 0 atom stereocenters. The van der Waals surface area contributed by atoms with Gasteiger partial charge in [0.15, 0.2) is 17.1 Å². The smallest absolute Gasteiger partial charge is 0.417 e. The topological polar surface area (TPSA) is 49.2 Å². The molecule has 0 fully saturated rings. The van der Waals surface area contributed by atoms with Crippen LogP contribution in [0.15, 0.2) is 30.5 Å². The van der Waals surface area contributed by atoms with E-state index in [-0.39, 0.29) is 16.7 Å². The third kappa shape index (κ3) is 2.34. The lowest BCUT2D eigenvalue weighted by Gasteiger charge is -2.19. The predicted molar refractivity (Wildman–Crippen MR) is 79.9 cm³/mol. The number of fused-ring (bicyclic) bond motifs is 2. The zero-order valence-electron chi connectivity index (χ0n) is 12.6. The number of rotatable bonds is 1. The summed E-state index contributed by atoms with van der Waals surface area (Å²) in [5.74, 6) is 1.07. The van der Waals surface area contributed by atoms with Crippen LogP contribution in [0.5, 0.6) is 11.5 Å². The monoisotopic (exact) mass is 335 g/mol. The number of aryl methyl sites for hydroxylation is 1. The van der Waals surface area contributed by atoms with Gasteiger partial charge in [-0.3, -0.25) is 4.68 Å². The Labute approximate surface area is 134 Å². The second-order valence-electron chi connectivity index (χ2n) is 5.42. The van der Waals surface area contributed by atoms with Gasteiger partial charge in [-0.05, 0) is 24.3 Å². The normalized spacial score (nSPS) is 14.2. The molecule has 8 heteroatoms. The molecule has 0 aliphatic carbocycles. The summed E-state index contributed by atoms with van der Waals surface area (Å²) in [7, 11) is 1.56. The van der Waals surface area contributed by atoms with Crippen LogP contribution in [-0.4, -0.2) is 28.0 Å². The lowest BCUT2D eigenvalue weighted by molar-refractivity contribution is -0.136. The predicted octanol–water partition coefficient (Wildman–Crippen LogP) is 3.43. The Balaban J connectivity index is 1.92. The van der Waals surface area contributed by atoms with Crippen molar-refractivity contribution in [3.05, 3.63) is 36.0 Å². The highest BCUT2D eigenvalue weighted by Crippen LogP contribution is 2.38. The standard InChI is InChI=1S/C16H12F3N3O2/c1-22-15-10(8-20-22)11(16(17,18)19)7-12(21-15)9-2-3-13-14(6-9)24-5-4-23-13/h2-3,6-8H,4-5H2,1H3. The summed E-state index contributed by atoms with van der Waals surface area (Å²) in [4.78, 5) is 4.33. The Hall–Kier alpha value is -2.77. The van der Waals surface area contributed by atoms with Crippen LogP contribution in [0.3, 0.4) is 0 Å². The van der Waals surface area contributed by atoms with Crippen molar-refractivity contribution in [3.63, 3.8) is 0 Å². The van der Waals surface area contributed by atoms with Gasteiger partial charge in [-0.2, -0.15) is 18.3 Å². The first-order chi connectivity index (χ1) is 11.4. The summed E-state index contributed by atoms with van der Waals surface area (Å²) in [5, 5.41) is 3.86. The molecular weight excluding hydrogens is 323 g/mol. The van der Waals surface area contributed by atoms with Crippen molar-refractivity contribution in [3.8, 4) is 22.8 Å². The van der Waals surface area contributed by atoms with Gasteiger partial charge in [0, 0.05) is 12.6 Å². The van der Waals surface area contributed by atoms with Crippen molar-refractivity contribution >= 4 is 11.0 Å². The zero-order chi connectivity index (χ0) is 16.9. The third-order valence-electron chi connectivity index (χ3n) is 3.85. The van der Waals surface area contributed by atoms with Crippen LogP contribution >= 0.6 is 0 Å². The molecule has 0 amide bonds. The van der Waals surface area contributed by atoms with Crippen LogP contribution < -0.4 is 9.47 Å². The largest absolute Gasteiger partial charge is 0.486 e. The summed E-state index contributed by atoms with van der Waals surface area (Å²) >= 11 is 0. The second kappa shape index (κ2) is 5.12. The second-order valence-corrected chi connectivity index (χ2v) is 5.42. The number of hydrogen-bond acceptors (Lipinski definition) is 4. The zero-order valence-corrected chi connectivity index (χ0v) is 12.6. The molecule has 0 saturated carbocycles. The van der Waals surface area contributed by atoms with E-state index in [0.717, 1.165) is 6.07 Å². The van der Waals surface area contributed by atoms with E-state index in [9.17, 15) is 13.2 Å². The lowest BCUT2D eigenvalue weighted by atomic mass is 10.1. The molecule has 0 spiro atoms. The fourth-order valence-corrected chi connectivity index (χ4v) is 2.70. The van der Waals surface area contributed by atoms with Crippen molar-refractivity contribution in [1.29, 1.82) is 0 Å². The molecule has 0 saturated heterocycles. The van der Waals surface area contributed by atoms with Gasteiger partial charge in [-0.25, -0.2) is 4.98 Å². The molecule has 0 unspecified atom stereocenters. The number of pyridine rings is 1. The van der Waals surface area contributed by atoms with E-state index >= 15 is 0 Å². The van der Waals surface area contributed by atoms with Crippen molar-refractivity contribution in [2.45, 2.75) is 6.18 Å². The SMILES string of the molecule is Cn1ncc2c(C(F)(F)F)cc(-c3ccc4c(c3)OCCO4)nc21. The highest BCUT2D eigenvalue weighted by Gasteiger charge is 2.34. The van der Waals surface area contributed by atoms with E-state index in [1.165, 1.54) is 10.9 Å². The van der Waals surface area contributed by atoms with Gasteiger partial charge in [0.05, 0.1) is 22.8 Å². The molecule has 5 nitrogen and oxygen atoms in total. The van der Waals surface area contributed by atoms with Gasteiger partial charge >= 0.3 is 6.18 Å². The Morgan fingerprint density at radius 1 is 1.08 bits per heavy atom. The number of halogens is 3. The van der Waals surface area contributed by atoms with Gasteiger partial charge < -0.3 is 9.47 Å². The number of nitrogens with zero attached hydrogens (tertiary/aromatic N) is 3.